The Morgan fingerprint density at radius 3 is 2.33 bits per heavy atom. The minimum atomic E-state index is -0.189. The molecule has 3 aromatic carbocycles. The van der Waals surface area contributed by atoms with E-state index in [9.17, 15) is 4.79 Å². The van der Waals surface area contributed by atoms with Crippen molar-refractivity contribution in [2.45, 2.75) is 0 Å². The molecule has 0 N–H and O–H groups in total. The van der Waals surface area contributed by atoms with Crippen LogP contribution < -0.4 is 25.1 Å². The van der Waals surface area contributed by atoms with Gasteiger partial charge in [-0.15, -0.1) is 0 Å². The maximum atomic E-state index is 13.1. The van der Waals surface area contributed by atoms with E-state index in [1.807, 2.05) is 30.3 Å². The molecule has 0 fully saturated rings. The van der Waals surface area contributed by atoms with Crippen LogP contribution in [0, 0.1) is 0 Å². The monoisotopic (exact) mass is 362 g/mol. The highest BCUT2D eigenvalue weighted by Crippen LogP contribution is 2.32. The molecule has 4 aromatic rings. The van der Waals surface area contributed by atoms with Crippen LogP contribution in [0.25, 0.3) is 27.8 Å². The van der Waals surface area contributed by atoms with Gasteiger partial charge in [0.25, 0.3) is 0 Å². The first-order valence-corrected chi connectivity index (χ1v) is 8.43. The zero-order valence-electron chi connectivity index (χ0n) is 15.2. The molecule has 0 unspecified atom stereocenters. The average molecular weight is 362 g/mol. The first kappa shape index (κ1) is 17.0. The molecule has 5 nitrogen and oxygen atoms in total. The van der Waals surface area contributed by atoms with Gasteiger partial charge in [-0.25, -0.2) is 0 Å². The summed E-state index contributed by atoms with van der Waals surface area (Å²) in [5, 5.41) is 2.19. The average Bonchev–Trinajstić information content (AvgIpc) is 2.71. The van der Waals surface area contributed by atoms with Crippen molar-refractivity contribution in [3.63, 3.8) is 0 Å². The van der Waals surface area contributed by atoms with Crippen molar-refractivity contribution >= 4 is 27.8 Å². The predicted octanol–water partition coefficient (Wildman–Crippen LogP) is 3.52. The predicted molar refractivity (Wildman–Crippen MR) is 105 cm³/mol. The number of methoxy groups -OCH3 is 3. The Kier molecular flexibility index (Phi) is 4.20. The van der Waals surface area contributed by atoms with Gasteiger partial charge in [-0.1, -0.05) is 24.3 Å². The second kappa shape index (κ2) is 6.68. The molecule has 4 rings (SSSR count). The summed E-state index contributed by atoms with van der Waals surface area (Å²) in [6, 6.07) is 14.7. The third-order valence-corrected chi connectivity index (χ3v) is 4.59. The van der Waals surface area contributed by atoms with Crippen molar-refractivity contribution in [1.82, 2.24) is 0 Å². The zero-order chi connectivity index (χ0) is 19.0. The smallest absolute Gasteiger partial charge is 0.228 e. The standard InChI is InChI=1S/C22H18O5/c1-24-16-11-10-15-20-14(16)7-5-8-17(20)27-19(21(15)23)12-13-6-4-9-18(25-2)22(13)26-3/h4-12H,1-3H3/b19-12-. The lowest BCUT2D eigenvalue weighted by Gasteiger charge is -2.10. The molecular weight excluding hydrogens is 344 g/mol. The minimum absolute atomic E-state index is 0.189. The summed E-state index contributed by atoms with van der Waals surface area (Å²) in [7, 11) is 4.74. The molecule has 5 heteroatoms. The van der Waals surface area contributed by atoms with Crippen LogP contribution in [0.2, 0.25) is 0 Å². The molecule has 1 heterocycles. The van der Waals surface area contributed by atoms with Crippen LogP contribution in [0.3, 0.4) is 0 Å². The van der Waals surface area contributed by atoms with E-state index in [-0.39, 0.29) is 10.8 Å². The molecule has 0 spiro atoms. The van der Waals surface area contributed by atoms with E-state index in [1.165, 1.54) is 0 Å². The van der Waals surface area contributed by atoms with E-state index < -0.39 is 0 Å². The summed E-state index contributed by atoms with van der Waals surface area (Å²) in [5.74, 6) is 1.83. The van der Waals surface area contributed by atoms with Crippen molar-refractivity contribution in [1.29, 1.82) is 0 Å². The summed E-state index contributed by atoms with van der Waals surface area (Å²) >= 11 is 0. The fraction of sp³-hybridized carbons (Fsp3) is 0.136. The lowest BCUT2D eigenvalue weighted by molar-refractivity contribution is 0.354. The molecular formula is C22H18O5. The number of para-hydroxylation sites is 1. The van der Waals surface area contributed by atoms with Gasteiger partial charge >= 0.3 is 0 Å². The molecule has 0 amide bonds. The first-order chi connectivity index (χ1) is 13.2. The fourth-order valence-electron chi connectivity index (χ4n) is 3.36. The summed E-state index contributed by atoms with van der Waals surface area (Å²) in [6.07, 6.45) is 1.68. The van der Waals surface area contributed by atoms with Crippen molar-refractivity contribution in [3.05, 3.63) is 69.7 Å². The van der Waals surface area contributed by atoms with Crippen LogP contribution in [-0.4, -0.2) is 21.3 Å². The zero-order valence-corrected chi connectivity index (χ0v) is 15.2. The van der Waals surface area contributed by atoms with Gasteiger partial charge in [0.1, 0.15) is 11.3 Å². The van der Waals surface area contributed by atoms with Crippen LogP contribution in [0.5, 0.6) is 17.2 Å². The highest BCUT2D eigenvalue weighted by atomic mass is 16.5. The number of rotatable bonds is 4. The number of hydrogen-bond acceptors (Lipinski definition) is 5. The molecule has 0 bridgehead atoms. The third kappa shape index (κ3) is 2.68. The molecule has 0 aliphatic rings. The Morgan fingerprint density at radius 1 is 0.815 bits per heavy atom. The number of ether oxygens (including phenoxy) is 3. The second-order valence-electron chi connectivity index (χ2n) is 6.02. The van der Waals surface area contributed by atoms with E-state index >= 15 is 0 Å². The van der Waals surface area contributed by atoms with Crippen LogP contribution >= 0.6 is 0 Å². The largest absolute Gasteiger partial charge is 0.496 e. The quantitative estimate of drug-likeness (QED) is 0.556. The minimum Gasteiger partial charge on any atom is -0.496 e. The molecule has 0 radical (unpaired) electrons. The van der Waals surface area contributed by atoms with Crippen LogP contribution in [0.15, 0.2) is 57.7 Å². The lowest BCUT2D eigenvalue weighted by Crippen LogP contribution is -2.24. The van der Waals surface area contributed by atoms with Crippen LogP contribution in [0.4, 0.5) is 0 Å². The molecule has 0 saturated carbocycles. The topological polar surface area (TPSA) is 57.9 Å². The van der Waals surface area contributed by atoms with Gasteiger partial charge in [0.05, 0.1) is 21.3 Å². The van der Waals surface area contributed by atoms with Gasteiger partial charge < -0.3 is 18.6 Å². The number of hydrogen-bond donors (Lipinski definition) is 0. The van der Waals surface area contributed by atoms with Crippen molar-refractivity contribution in [2.24, 2.45) is 0 Å². The van der Waals surface area contributed by atoms with E-state index in [0.29, 0.717) is 33.8 Å². The maximum absolute atomic E-state index is 13.1. The van der Waals surface area contributed by atoms with E-state index in [4.69, 9.17) is 18.6 Å². The van der Waals surface area contributed by atoms with Gasteiger partial charge in [0, 0.05) is 21.7 Å². The van der Waals surface area contributed by atoms with Gasteiger partial charge in [0.2, 0.25) is 5.43 Å². The van der Waals surface area contributed by atoms with E-state index in [1.54, 1.807) is 45.6 Å². The summed E-state index contributed by atoms with van der Waals surface area (Å²) < 4.78 is 22.1. The Bertz CT molecular complexity index is 1250. The maximum Gasteiger partial charge on any atom is 0.228 e. The van der Waals surface area contributed by atoms with Crippen molar-refractivity contribution < 1.29 is 18.6 Å². The third-order valence-electron chi connectivity index (χ3n) is 4.59. The molecule has 27 heavy (non-hydrogen) atoms. The Hall–Kier alpha value is -3.47. The SMILES string of the molecule is COc1cccc(/C=c2\oc3cccc4c(OC)ccc(c2=O)c34)c1OC. The molecule has 0 aliphatic carbocycles. The van der Waals surface area contributed by atoms with Gasteiger partial charge in [-0.05, 0) is 30.3 Å². The second-order valence-corrected chi connectivity index (χ2v) is 6.02. The Morgan fingerprint density at radius 2 is 1.59 bits per heavy atom. The summed E-state index contributed by atoms with van der Waals surface area (Å²) in [4.78, 5) is 13.1. The van der Waals surface area contributed by atoms with E-state index in [2.05, 4.69) is 0 Å². The van der Waals surface area contributed by atoms with Gasteiger partial charge in [-0.2, -0.15) is 0 Å². The Balaban J connectivity index is 2.07. The van der Waals surface area contributed by atoms with Gasteiger partial charge in [0.15, 0.2) is 16.9 Å². The highest BCUT2D eigenvalue weighted by molar-refractivity contribution is 6.09. The lowest BCUT2D eigenvalue weighted by atomic mass is 10.0. The first-order valence-electron chi connectivity index (χ1n) is 8.43. The molecule has 1 aromatic heterocycles. The molecule has 0 saturated heterocycles. The normalized spacial score (nSPS) is 11.9. The molecule has 0 atom stereocenters. The van der Waals surface area contributed by atoms with Crippen LogP contribution in [0.1, 0.15) is 5.56 Å². The Labute approximate surface area is 155 Å². The van der Waals surface area contributed by atoms with Crippen molar-refractivity contribution in [3.8, 4) is 17.2 Å². The fourth-order valence-corrected chi connectivity index (χ4v) is 3.36. The van der Waals surface area contributed by atoms with E-state index in [0.717, 1.165) is 10.8 Å². The molecule has 0 aliphatic heterocycles. The number of benzene rings is 3. The van der Waals surface area contributed by atoms with Crippen LogP contribution in [-0.2, 0) is 0 Å². The molecule has 136 valence electrons. The summed E-state index contributed by atoms with van der Waals surface area (Å²) in [5.41, 5.74) is 1.36. The summed E-state index contributed by atoms with van der Waals surface area (Å²) in [6.45, 7) is 0. The van der Waals surface area contributed by atoms with Gasteiger partial charge in [-0.3, -0.25) is 4.79 Å². The highest BCUT2D eigenvalue weighted by Gasteiger charge is 2.13. The van der Waals surface area contributed by atoms with Crippen molar-refractivity contribution in [2.75, 3.05) is 21.3 Å².